The van der Waals surface area contributed by atoms with Crippen molar-refractivity contribution in [1.82, 2.24) is 4.98 Å². The summed E-state index contributed by atoms with van der Waals surface area (Å²) in [5.41, 5.74) is 3.27. The van der Waals surface area contributed by atoms with Gasteiger partial charge >= 0.3 is 0 Å². The first-order valence-corrected chi connectivity index (χ1v) is 10.6. The van der Waals surface area contributed by atoms with Crippen LogP contribution >= 0.6 is 11.3 Å². The Morgan fingerprint density at radius 3 is 2.37 bits per heavy atom. The number of hydrogen-bond acceptors (Lipinski definition) is 5. The molecule has 0 saturated carbocycles. The molecule has 0 fully saturated rings. The second kappa shape index (κ2) is 7.89. The van der Waals surface area contributed by atoms with Crippen molar-refractivity contribution < 1.29 is 13.2 Å². The lowest BCUT2D eigenvalue weighted by Crippen LogP contribution is -2.16. The number of para-hydroxylation sites is 1. The minimum absolute atomic E-state index is 0.0668. The highest BCUT2D eigenvalue weighted by Crippen LogP contribution is 2.22. The zero-order valence-corrected chi connectivity index (χ0v) is 16.5. The van der Waals surface area contributed by atoms with Gasteiger partial charge in [0.25, 0.3) is 10.0 Å². The third-order valence-corrected chi connectivity index (χ3v) is 6.20. The van der Waals surface area contributed by atoms with E-state index in [1.54, 1.807) is 23.6 Å². The van der Waals surface area contributed by atoms with E-state index in [1.165, 1.54) is 12.1 Å². The number of nitrogens with zero attached hydrogens (tertiary/aromatic N) is 1. The highest BCUT2D eigenvalue weighted by atomic mass is 32.2. The third kappa shape index (κ3) is 4.72. The van der Waals surface area contributed by atoms with E-state index in [0.29, 0.717) is 5.69 Å². The third-order valence-electron chi connectivity index (χ3n) is 3.91. The first-order chi connectivity index (χ1) is 12.8. The first kappa shape index (κ1) is 19.1. The molecule has 27 heavy (non-hydrogen) atoms. The molecule has 0 atom stereocenters. The fraction of sp³-hybridized carbons (Fsp3) is 0.158. The van der Waals surface area contributed by atoms with Crippen LogP contribution in [0.1, 0.15) is 16.8 Å². The van der Waals surface area contributed by atoms with Crippen LogP contribution in [-0.2, 0) is 21.2 Å². The Kier molecular flexibility index (Phi) is 5.57. The Hall–Kier alpha value is -2.71. The molecule has 0 spiro atoms. The van der Waals surface area contributed by atoms with Crippen molar-refractivity contribution in [3.8, 4) is 0 Å². The van der Waals surface area contributed by atoms with Crippen LogP contribution in [0.15, 0.2) is 58.8 Å². The van der Waals surface area contributed by atoms with Crippen molar-refractivity contribution in [2.45, 2.75) is 25.2 Å². The molecule has 0 aliphatic carbocycles. The number of nitrogens with one attached hydrogen (secondary N) is 2. The molecule has 0 aliphatic rings. The maximum absolute atomic E-state index is 12.3. The van der Waals surface area contributed by atoms with Gasteiger partial charge in [-0.2, -0.15) is 0 Å². The topological polar surface area (TPSA) is 88.2 Å². The molecule has 2 aromatic carbocycles. The molecular weight excluding hydrogens is 382 g/mol. The minimum Gasteiger partial charge on any atom is -0.325 e. The number of hydrogen-bond donors (Lipinski definition) is 2. The molecule has 140 valence electrons. The molecule has 0 bridgehead atoms. The zero-order valence-electron chi connectivity index (χ0n) is 14.9. The van der Waals surface area contributed by atoms with Gasteiger partial charge in [-0.15, -0.1) is 11.3 Å². The smallest absolute Gasteiger partial charge is 0.263 e. The Balaban J connectivity index is 1.67. The number of thiazole rings is 1. The number of benzene rings is 2. The summed E-state index contributed by atoms with van der Waals surface area (Å²) >= 11 is 1.14. The van der Waals surface area contributed by atoms with Gasteiger partial charge in [0.05, 0.1) is 17.0 Å². The number of carbonyl (C=O) groups is 1. The Morgan fingerprint density at radius 1 is 1.04 bits per heavy atom. The number of rotatable bonds is 6. The lowest BCUT2D eigenvalue weighted by Gasteiger charge is -2.10. The van der Waals surface area contributed by atoms with Crippen LogP contribution in [-0.4, -0.2) is 19.3 Å². The van der Waals surface area contributed by atoms with Gasteiger partial charge in [0.15, 0.2) is 5.13 Å². The largest absolute Gasteiger partial charge is 0.325 e. The van der Waals surface area contributed by atoms with Crippen LogP contribution < -0.4 is 10.0 Å². The van der Waals surface area contributed by atoms with Gasteiger partial charge < -0.3 is 5.32 Å². The molecule has 1 aromatic heterocycles. The van der Waals surface area contributed by atoms with E-state index in [1.807, 2.05) is 32.0 Å². The summed E-state index contributed by atoms with van der Waals surface area (Å²) in [4.78, 5) is 16.7. The Bertz CT molecular complexity index is 1040. The second-order valence-corrected chi connectivity index (χ2v) is 8.59. The van der Waals surface area contributed by atoms with Crippen LogP contribution in [0.5, 0.6) is 0 Å². The average Bonchev–Trinajstić information content (AvgIpc) is 3.05. The van der Waals surface area contributed by atoms with Gasteiger partial charge in [0.1, 0.15) is 0 Å². The molecule has 0 aliphatic heterocycles. The monoisotopic (exact) mass is 401 g/mol. The van der Waals surface area contributed by atoms with E-state index in [2.05, 4.69) is 15.0 Å². The van der Waals surface area contributed by atoms with Crippen molar-refractivity contribution in [2.24, 2.45) is 0 Å². The average molecular weight is 402 g/mol. The van der Waals surface area contributed by atoms with Crippen molar-refractivity contribution in [1.29, 1.82) is 0 Å². The van der Waals surface area contributed by atoms with Gasteiger partial charge in [0, 0.05) is 11.1 Å². The summed E-state index contributed by atoms with van der Waals surface area (Å²) < 4.78 is 27.1. The number of amides is 1. The van der Waals surface area contributed by atoms with Crippen LogP contribution in [0, 0.1) is 13.8 Å². The zero-order chi connectivity index (χ0) is 19.4. The van der Waals surface area contributed by atoms with Crippen molar-refractivity contribution in [3.05, 3.63) is 70.7 Å². The van der Waals surface area contributed by atoms with Gasteiger partial charge in [-0.05, 0) is 37.1 Å². The molecule has 6 nitrogen and oxygen atoms in total. The van der Waals surface area contributed by atoms with Crippen LogP contribution in [0.25, 0.3) is 0 Å². The second-order valence-electron chi connectivity index (χ2n) is 6.05. The molecule has 0 radical (unpaired) electrons. The SMILES string of the molecule is Cc1cccc(C)c1NC(=O)Cc1csc(NS(=O)(=O)c2ccccc2)n1. The molecule has 3 aromatic rings. The normalized spacial score (nSPS) is 11.2. The van der Waals surface area contributed by atoms with Crippen LogP contribution in [0.4, 0.5) is 10.8 Å². The van der Waals surface area contributed by atoms with Crippen LogP contribution in [0.3, 0.4) is 0 Å². The fourth-order valence-corrected chi connectivity index (χ4v) is 4.55. The van der Waals surface area contributed by atoms with Gasteiger partial charge in [0.2, 0.25) is 5.91 Å². The Labute approximate surface area is 162 Å². The lowest BCUT2D eigenvalue weighted by atomic mass is 10.1. The molecule has 1 amide bonds. The minimum atomic E-state index is -3.69. The van der Waals surface area contributed by atoms with E-state index in [-0.39, 0.29) is 22.4 Å². The van der Waals surface area contributed by atoms with E-state index in [4.69, 9.17) is 0 Å². The standard InChI is InChI=1S/C19H19N3O3S2/c1-13-7-6-8-14(2)18(13)21-17(23)11-15-12-26-19(20-15)22-27(24,25)16-9-4-3-5-10-16/h3-10,12H,11H2,1-2H3,(H,20,22)(H,21,23). The van der Waals surface area contributed by atoms with Gasteiger partial charge in [-0.25, -0.2) is 13.4 Å². The van der Waals surface area contributed by atoms with Gasteiger partial charge in [-0.1, -0.05) is 36.4 Å². The summed E-state index contributed by atoms with van der Waals surface area (Å²) in [5.74, 6) is -0.199. The van der Waals surface area contributed by atoms with E-state index in [0.717, 1.165) is 28.2 Å². The summed E-state index contributed by atoms with van der Waals surface area (Å²) in [6.07, 6.45) is 0.0668. The predicted molar refractivity (Wildman–Crippen MR) is 108 cm³/mol. The summed E-state index contributed by atoms with van der Waals surface area (Å²) in [7, 11) is -3.69. The van der Waals surface area contributed by atoms with E-state index >= 15 is 0 Å². The molecule has 3 rings (SSSR count). The molecule has 0 saturated heterocycles. The molecule has 2 N–H and O–H groups in total. The van der Waals surface area contributed by atoms with Gasteiger partial charge in [-0.3, -0.25) is 9.52 Å². The predicted octanol–water partition coefficient (Wildman–Crippen LogP) is 3.74. The van der Waals surface area contributed by atoms with E-state index < -0.39 is 10.0 Å². The Morgan fingerprint density at radius 2 is 1.70 bits per heavy atom. The lowest BCUT2D eigenvalue weighted by molar-refractivity contribution is -0.115. The number of aromatic nitrogens is 1. The summed E-state index contributed by atoms with van der Waals surface area (Å²) in [6, 6.07) is 13.9. The summed E-state index contributed by atoms with van der Waals surface area (Å²) in [5, 5.41) is 4.80. The number of sulfonamides is 1. The summed E-state index contributed by atoms with van der Waals surface area (Å²) in [6.45, 7) is 3.86. The first-order valence-electron chi connectivity index (χ1n) is 8.23. The number of aryl methyl sites for hydroxylation is 2. The maximum atomic E-state index is 12.3. The fourth-order valence-electron chi connectivity index (χ4n) is 2.57. The van der Waals surface area contributed by atoms with Crippen molar-refractivity contribution >= 4 is 38.1 Å². The number of anilines is 2. The van der Waals surface area contributed by atoms with Crippen molar-refractivity contribution in [3.63, 3.8) is 0 Å². The van der Waals surface area contributed by atoms with Crippen molar-refractivity contribution in [2.75, 3.05) is 10.0 Å². The number of carbonyl (C=O) groups excluding carboxylic acids is 1. The molecule has 1 heterocycles. The highest BCUT2D eigenvalue weighted by molar-refractivity contribution is 7.93. The highest BCUT2D eigenvalue weighted by Gasteiger charge is 2.16. The van der Waals surface area contributed by atoms with Crippen LogP contribution in [0.2, 0.25) is 0 Å². The molecule has 0 unspecified atom stereocenters. The molecule has 8 heteroatoms. The quantitative estimate of drug-likeness (QED) is 0.659. The molecular formula is C19H19N3O3S2. The van der Waals surface area contributed by atoms with E-state index in [9.17, 15) is 13.2 Å². The maximum Gasteiger partial charge on any atom is 0.263 e.